The van der Waals surface area contributed by atoms with Crippen molar-refractivity contribution in [1.29, 1.82) is 0 Å². The predicted octanol–water partition coefficient (Wildman–Crippen LogP) is 3.24. The number of carbonyl (C=O) groups excluding carboxylic acids is 2. The van der Waals surface area contributed by atoms with Crippen molar-refractivity contribution in [3.63, 3.8) is 0 Å². The maximum absolute atomic E-state index is 13.5. The molecule has 4 nitrogen and oxygen atoms in total. The molecule has 25 heavy (non-hydrogen) atoms. The van der Waals surface area contributed by atoms with Gasteiger partial charge in [-0.1, -0.05) is 24.3 Å². The molecule has 1 atom stereocenters. The zero-order valence-electron chi connectivity index (χ0n) is 13.9. The molecule has 0 saturated carbocycles. The van der Waals surface area contributed by atoms with Crippen LogP contribution in [0.3, 0.4) is 0 Å². The summed E-state index contributed by atoms with van der Waals surface area (Å²) in [5.74, 6) is -0.453. The number of Topliss-reactive ketones (excluding diaryl/α,β-unsaturated/α-hetero) is 1. The van der Waals surface area contributed by atoms with Crippen LogP contribution in [-0.4, -0.2) is 36.2 Å². The molecule has 1 amide bonds. The smallest absolute Gasteiger partial charge is 0.254 e. The highest BCUT2D eigenvalue weighted by molar-refractivity contribution is 5.98. The molecule has 1 aliphatic heterocycles. The molecule has 0 bridgehead atoms. The summed E-state index contributed by atoms with van der Waals surface area (Å²) in [4.78, 5) is 26.0. The number of rotatable bonds is 3. The van der Waals surface area contributed by atoms with Gasteiger partial charge in [0.05, 0.1) is 6.04 Å². The van der Waals surface area contributed by atoms with Gasteiger partial charge in [0.15, 0.2) is 5.78 Å². The molecule has 2 aromatic rings. The third kappa shape index (κ3) is 4.24. The molecule has 1 saturated heterocycles. The van der Waals surface area contributed by atoms with E-state index in [9.17, 15) is 14.0 Å². The van der Waals surface area contributed by atoms with Crippen molar-refractivity contribution >= 4 is 24.1 Å². The summed E-state index contributed by atoms with van der Waals surface area (Å²) in [6.45, 7) is 3.32. The average Bonchev–Trinajstić information content (AvgIpc) is 2.61. The topological polar surface area (TPSA) is 49.4 Å². The Kier molecular flexibility index (Phi) is 6.28. The van der Waals surface area contributed by atoms with E-state index in [1.54, 1.807) is 35.2 Å². The maximum Gasteiger partial charge on any atom is 0.254 e. The fourth-order valence-electron chi connectivity index (χ4n) is 2.97. The normalized spacial score (nSPS) is 16.9. The van der Waals surface area contributed by atoms with E-state index in [1.165, 1.54) is 19.1 Å². The van der Waals surface area contributed by atoms with Crippen LogP contribution in [0.4, 0.5) is 4.39 Å². The molecule has 132 valence electrons. The summed E-state index contributed by atoms with van der Waals surface area (Å²) >= 11 is 0. The number of hydrogen-bond donors (Lipinski definition) is 1. The Morgan fingerprint density at radius 1 is 1.12 bits per heavy atom. The van der Waals surface area contributed by atoms with Crippen molar-refractivity contribution in [2.75, 3.05) is 19.6 Å². The van der Waals surface area contributed by atoms with Gasteiger partial charge in [-0.2, -0.15) is 0 Å². The number of amides is 1. The van der Waals surface area contributed by atoms with E-state index in [1.807, 2.05) is 6.07 Å². The monoisotopic (exact) mass is 362 g/mol. The van der Waals surface area contributed by atoms with Gasteiger partial charge in [0.1, 0.15) is 5.82 Å². The van der Waals surface area contributed by atoms with E-state index in [-0.39, 0.29) is 36.0 Å². The Morgan fingerprint density at radius 2 is 1.80 bits per heavy atom. The average molecular weight is 363 g/mol. The minimum atomic E-state index is -0.309. The fourth-order valence-corrected chi connectivity index (χ4v) is 2.97. The summed E-state index contributed by atoms with van der Waals surface area (Å²) in [6.07, 6.45) is 0. The zero-order valence-corrected chi connectivity index (χ0v) is 14.7. The third-order valence-electron chi connectivity index (χ3n) is 4.28. The maximum atomic E-state index is 13.5. The van der Waals surface area contributed by atoms with Crippen LogP contribution >= 0.6 is 12.4 Å². The molecular weight excluding hydrogens is 343 g/mol. The van der Waals surface area contributed by atoms with Crippen LogP contribution in [0, 0.1) is 5.82 Å². The molecule has 0 aliphatic carbocycles. The number of halogens is 2. The molecule has 1 heterocycles. The van der Waals surface area contributed by atoms with Crippen molar-refractivity contribution in [1.82, 2.24) is 10.2 Å². The van der Waals surface area contributed by atoms with E-state index < -0.39 is 0 Å². The first kappa shape index (κ1) is 19.1. The van der Waals surface area contributed by atoms with Gasteiger partial charge in [-0.15, -0.1) is 12.4 Å². The van der Waals surface area contributed by atoms with Crippen molar-refractivity contribution in [2.45, 2.75) is 13.0 Å². The molecule has 0 radical (unpaired) electrons. The van der Waals surface area contributed by atoms with Gasteiger partial charge < -0.3 is 10.2 Å². The Hall–Kier alpha value is -2.24. The molecule has 6 heteroatoms. The van der Waals surface area contributed by atoms with Crippen molar-refractivity contribution in [2.24, 2.45) is 0 Å². The van der Waals surface area contributed by atoms with E-state index in [4.69, 9.17) is 0 Å². The molecule has 0 aromatic heterocycles. The highest BCUT2D eigenvalue weighted by atomic mass is 35.5. The highest BCUT2D eigenvalue weighted by Crippen LogP contribution is 2.25. The van der Waals surface area contributed by atoms with E-state index >= 15 is 0 Å². The number of hydrogen-bond acceptors (Lipinski definition) is 3. The first-order valence-electron chi connectivity index (χ1n) is 7.94. The van der Waals surface area contributed by atoms with Crippen LogP contribution in [0.5, 0.6) is 0 Å². The molecule has 2 aromatic carbocycles. The lowest BCUT2D eigenvalue weighted by Gasteiger charge is -2.36. The lowest BCUT2D eigenvalue weighted by molar-refractivity contribution is 0.0633. The lowest BCUT2D eigenvalue weighted by Crippen LogP contribution is -2.48. The van der Waals surface area contributed by atoms with Gasteiger partial charge in [-0.05, 0) is 36.8 Å². The van der Waals surface area contributed by atoms with E-state index in [2.05, 4.69) is 5.32 Å². The van der Waals surface area contributed by atoms with Crippen LogP contribution in [-0.2, 0) is 0 Å². The first-order valence-corrected chi connectivity index (χ1v) is 7.94. The minimum Gasteiger partial charge on any atom is -0.329 e. The fraction of sp³-hybridized carbons (Fsp3) is 0.263. The number of piperazine rings is 1. The molecule has 1 aliphatic rings. The molecule has 1 unspecified atom stereocenters. The zero-order chi connectivity index (χ0) is 17.1. The number of carbonyl (C=O) groups is 2. The number of benzene rings is 2. The Bertz CT molecular complexity index is 764. The number of nitrogens with one attached hydrogen (secondary N) is 1. The molecule has 1 N–H and O–H groups in total. The summed E-state index contributed by atoms with van der Waals surface area (Å²) in [6, 6.07) is 12.8. The summed E-state index contributed by atoms with van der Waals surface area (Å²) in [5.41, 5.74) is 1.88. The van der Waals surface area contributed by atoms with Crippen LogP contribution in [0.15, 0.2) is 48.5 Å². The lowest BCUT2D eigenvalue weighted by atomic mass is 10.0. The molecular formula is C19H20ClFN2O2. The summed E-state index contributed by atoms with van der Waals surface area (Å²) in [5, 5.41) is 3.25. The van der Waals surface area contributed by atoms with Crippen LogP contribution in [0.1, 0.15) is 39.2 Å². The second kappa shape index (κ2) is 8.23. The van der Waals surface area contributed by atoms with Gasteiger partial charge in [0.25, 0.3) is 5.91 Å². The summed E-state index contributed by atoms with van der Waals surface area (Å²) < 4.78 is 13.5. The molecule has 0 spiro atoms. The number of nitrogens with zero attached hydrogens (tertiary/aromatic N) is 1. The predicted molar refractivity (Wildman–Crippen MR) is 96.7 cm³/mol. The summed E-state index contributed by atoms with van der Waals surface area (Å²) in [7, 11) is 0. The Labute approximate surface area is 152 Å². The minimum absolute atomic E-state index is 0. The first-order chi connectivity index (χ1) is 11.6. The van der Waals surface area contributed by atoms with E-state index in [0.717, 1.165) is 5.56 Å². The van der Waals surface area contributed by atoms with Gasteiger partial charge in [-0.3, -0.25) is 9.59 Å². The standard InChI is InChI=1S/C19H19FN2O2.ClH/c1-13(23)14-5-7-15(8-6-14)19(24)22-10-9-21-12-18(22)16-3-2-4-17(20)11-16;/h2-8,11,18,21H,9-10,12H2,1H3;1H. The Morgan fingerprint density at radius 3 is 2.44 bits per heavy atom. The van der Waals surface area contributed by atoms with Gasteiger partial charge >= 0.3 is 0 Å². The molecule has 3 rings (SSSR count). The van der Waals surface area contributed by atoms with Crippen molar-refractivity contribution in [3.05, 3.63) is 71.0 Å². The number of ketones is 1. The van der Waals surface area contributed by atoms with Gasteiger partial charge in [-0.25, -0.2) is 4.39 Å². The quantitative estimate of drug-likeness (QED) is 0.853. The largest absolute Gasteiger partial charge is 0.329 e. The highest BCUT2D eigenvalue weighted by Gasteiger charge is 2.28. The third-order valence-corrected chi connectivity index (χ3v) is 4.28. The second-order valence-electron chi connectivity index (χ2n) is 5.91. The van der Waals surface area contributed by atoms with Crippen LogP contribution in [0.2, 0.25) is 0 Å². The van der Waals surface area contributed by atoms with Crippen molar-refractivity contribution < 1.29 is 14.0 Å². The molecule has 1 fully saturated rings. The second-order valence-corrected chi connectivity index (χ2v) is 5.91. The Balaban J connectivity index is 0.00000225. The van der Waals surface area contributed by atoms with E-state index in [0.29, 0.717) is 30.8 Å². The van der Waals surface area contributed by atoms with Gasteiger partial charge in [0, 0.05) is 30.8 Å². The van der Waals surface area contributed by atoms with Crippen molar-refractivity contribution in [3.8, 4) is 0 Å². The van der Waals surface area contributed by atoms with Crippen LogP contribution in [0.25, 0.3) is 0 Å². The SMILES string of the molecule is CC(=O)c1ccc(C(=O)N2CCNCC2c2cccc(F)c2)cc1.Cl. The van der Waals surface area contributed by atoms with Gasteiger partial charge in [0.2, 0.25) is 0 Å². The van der Waals surface area contributed by atoms with Crippen LogP contribution < -0.4 is 5.32 Å².